The Bertz CT molecular complexity index is 188. The molecule has 1 aliphatic rings. The summed E-state index contributed by atoms with van der Waals surface area (Å²) in [6.45, 7) is 3.50. The highest BCUT2D eigenvalue weighted by atomic mass is 16.5. The zero-order valence-electron chi connectivity index (χ0n) is 8.71. The van der Waals surface area contributed by atoms with E-state index in [9.17, 15) is 4.79 Å². The highest BCUT2D eigenvalue weighted by molar-refractivity contribution is 5.76. The molecule has 1 atom stereocenters. The van der Waals surface area contributed by atoms with E-state index in [1.54, 1.807) is 0 Å². The second-order valence-corrected chi connectivity index (χ2v) is 4.09. The van der Waals surface area contributed by atoms with Crippen LogP contribution in [0.25, 0.3) is 0 Å². The summed E-state index contributed by atoms with van der Waals surface area (Å²) in [4.78, 5) is 11.4. The van der Waals surface area contributed by atoms with Gasteiger partial charge in [-0.15, -0.1) is 0 Å². The van der Waals surface area contributed by atoms with Gasteiger partial charge < -0.3 is 15.2 Å². The van der Waals surface area contributed by atoms with Crippen molar-refractivity contribution >= 4 is 5.91 Å². The first-order valence-corrected chi connectivity index (χ1v) is 5.16. The van der Waals surface area contributed by atoms with Crippen molar-refractivity contribution in [3.05, 3.63) is 0 Å². The van der Waals surface area contributed by atoms with Gasteiger partial charge in [-0.05, 0) is 26.2 Å². The molecule has 1 aliphatic heterocycles. The second-order valence-electron chi connectivity index (χ2n) is 4.09. The van der Waals surface area contributed by atoms with E-state index in [-0.39, 0.29) is 18.1 Å². The summed E-state index contributed by atoms with van der Waals surface area (Å²) in [5.74, 6) is 0.0615. The Labute approximate surface area is 84.6 Å². The largest absolute Gasteiger partial charge is 0.396 e. The zero-order chi connectivity index (χ0) is 10.4. The van der Waals surface area contributed by atoms with Gasteiger partial charge in [-0.2, -0.15) is 0 Å². The summed E-state index contributed by atoms with van der Waals surface area (Å²) in [6, 6.07) is 0. The van der Waals surface area contributed by atoms with E-state index in [0.29, 0.717) is 19.4 Å². The number of ether oxygens (including phenoxy) is 1. The summed E-state index contributed by atoms with van der Waals surface area (Å²) >= 11 is 0. The summed E-state index contributed by atoms with van der Waals surface area (Å²) in [5, 5.41) is 11.5. The van der Waals surface area contributed by atoms with Gasteiger partial charge in [0.15, 0.2) is 0 Å². The minimum absolute atomic E-state index is 0.0615. The minimum Gasteiger partial charge on any atom is -0.396 e. The molecule has 1 fully saturated rings. The number of rotatable bonds is 5. The average Bonchev–Trinajstić information content (AvgIpc) is 2.52. The lowest BCUT2D eigenvalue weighted by atomic mass is 10.0. The Morgan fingerprint density at radius 2 is 2.36 bits per heavy atom. The van der Waals surface area contributed by atoms with Gasteiger partial charge in [0.2, 0.25) is 5.91 Å². The molecule has 1 heterocycles. The fourth-order valence-corrected chi connectivity index (χ4v) is 1.56. The van der Waals surface area contributed by atoms with E-state index in [1.165, 1.54) is 0 Å². The Kier molecular flexibility index (Phi) is 4.35. The number of aliphatic hydroxyl groups excluding tert-OH is 1. The van der Waals surface area contributed by atoms with Gasteiger partial charge >= 0.3 is 0 Å². The Hall–Kier alpha value is -0.610. The highest BCUT2D eigenvalue weighted by Gasteiger charge is 2.30. The molecule has 0 spiro atoms. The molecule has 0 aromatic heterocycles. The molecule has 1 saturated heterocycles. The van der Waals surface area contributed by atoms with Crippen LogP contribution in [0.2, 0.25) is 0 Å². The van der Waals surface area contributed by atoms with Gasteiger partial charge in [0.25, 0.3) is 0 Å². The molecule has 14 heavy (non-hydrogen) atoms. The fourth-order valence-electron chi connectivity index (χ4n) is 1.56. The maximum absolute atomic E-state index is 11.4. The molecule has 1 rings (SSSR count). The molecule has 1 unspecified atom stereocenters. The van der Waals surface area contributed by atoms with Crippen LogP contribution in [0.1, 0.15) is 32.6 Å². The van der Waals surface area contributed by atoms with Crippen molar-refractivity contribution in [2.24, 2.45) is 0 Å². The average molecular weight is 201 g/mol. The van der Waals surface area contributed by atoms with Gasteiger partial charge in [0.05, 0.1) is 12.1 Å². The molecule has 4 heteroatoms. The standard InChI is InChI=1S/C10H19NO3/c1-10(5-7-14-8-10)11-9(13)4-2-3-6-12/h12H,2-8H2,1H3,(H,11,13). The number of hydrogen-bond donors (Lipinski definition) is 2. The molecule has 0 bridgehead atoms. The number of nitrogens with one attached hydrogen (secondary N) is 1. The summed E-state index contributed by atoms with van der Waals surface area (Å²) < 4.78 is 5.23. The number of hydrogen-bond acceptors (Lipinski definition) is 3. The minimum atomic E-state index is -0.170. The Morgan fingerprint density at radius 1 is 1.57 bits per heavy atom. The lowest BCUT2D eigenvalue weighted by Crippen LogP contribution is -2.46. The Morgan fingerprint density at radius 3 is 2.93 bits per heavy atom. The van der Waals surface area contributed by atoms with Gasteiger partial charge in [0, 0.05) is 19.6 Å². The maximum atomic E-state index is 11.4. The SMILES string of the molecule is CC1(NC(=O)CCCCO)CCOC1. The van der Waals surface area contributed by atoms with Crippen LogP contribution in [0.3, 0.4) is 0 Å². The first kappa shape index (κ1) is 11.5. The molecule has 2 N–H and O–H groups in total. The number of aliphatic hydroxyl groups is 1. The third-order valence-electron chi connectivity index (χ3n) is 2.47. The predicted molar refractivity (Wildman–Crippen MR) is 52.9 cm³/mol. The second kappa shape index (κ2) is 5.32. The molecule has 1 amide bonds. The molecule has 4 nitrogen and oxygen atoms in total. The maximum Gasteiger partial charge on any atom is 0.220 e. The fraction of sp³-hybridized carbons (Fsp3) is 0.900. The van der Waals surface area contributed by atoms with Crippen LogP contribution < -0.4 is 5.32 Å². The van der Waals surface area contributed by atoms with Crippen LogP contribution in [0.15, 0.2) is 0 Å². The first-order chi connectivity index (χ1) is 6.66. The van der Waals surface area contributed by atoms with E-state index in [0.717, 1.165) is 19.4 Å². The normalized spacial score (nSPS) is 26.4. The summed E-state index contributed by atoms with van der Waals surface area (Å²) in [5.41, 5.74) is -0.170. The van der Waals surface area contributed by atoms with Crippen molar-refractivity contribution in [2.75, 3.05) is 19.8 Å². The van der Waals surface area contributed by atoms with Crippen LogP contribution >= 0.6 is 0 Å². The van der Waals surface area contributed by atoms with Crippen LogP contribution in [0.4, 0.5) is 0 Å². The number of unbranched alkanes of at least 4 members (excludes halogenated alkanes) is 1. The monoisotopic (exact) mass is 201 g/mol. The van der Waals surface area contributed by atoms with Crippen LogP contribution in [-0.2, 0) is 9.53 Å². The van der Waals surface area contributed by atoms with Crippen molar-refractivity contribution in [1.82, 2.24) is 5.32 Å². The van der Waals surface area contributed by atoms with Gasteiger partial charge in [-0.3, -0.25) is 4.79 Å². The van der Waals surface area contributed by atoms with E-state index in [2.05, 4.69) is 5.32 Å². The van der Waals surface area contributed by atoms with Crippen molar-refractivity contribution in [3.63, 3.8) is 0 Å². The van der Waals surface area contributed by atoms with Crippen LogP contribution in [0.5, 0.6) is 0 Å². The quantitative estimate of drug-likeness (QED) is 0.635. The number of amides is 1. The molecule has 0 aromatic rings. The van der Waals surface area contributed by atoms with Crippen molar-refractivity contribution in [3.8, 4) is 0 Å². The third kappa shape index (κ3) is 3.64. The predicted octanol–water partition coefficient (Wildman–Crippen LogP) is 0.444. The highest BCUT2D eigenvalue weighted by Crippen LogP contribution is 2.17. The van der Waals surface area contributed by atoms with Crippen molar-refractivity contribution in [1.29, 1.82) is 0 Å². The molecule has 82 valence electrons. The molecule has 0 aliphatic carbocycles. The van der Waals surface area contributed by atoms with Gasteiger partial charge in [-0.25, -0.2) is 0 Å². The molecular weight excluding hydrogens is 182 g/mol. The first-order valence-electron chi connectivity index (χ1n) is 5.16. The lowest BCUT2D eigenvalue weighted by molar-refractivity contribution is -0.123. The van der Waals surface area contributed by atoms with Gasteiger partial charge in [0.1, 0.15) is 0 Å². The van der Waals surface area contributed by atoms with E-state index in [1.807, 2.05) is 6.92 Å². The van der Waals surface area contributed by atoms with Crippen LogP contribution in [0, 0.1) is 0 Å². The smallest absolute Gasteiger partial charge is 0.220 e. The van der Waals surface area contributed by atoms with Crippen LogP contribution in [-0.4, -0.2) is 36.4 Å². The van der Waals surface area contributed by atoms with E-state index in [4.69, 9.17) is 9.84 Å². The number of carbonyl (C=O) groups excluding carboxylic acids is 1. The summed E-state index contributed by atoms with van der Waals surface area (Å²) in [6.07, 6.45) is 2.83. The molecular formula is C10H19NO3. The Balaban J connectivity index is 2.19. The van der Waals surface area contributed by atoms with Gasteiger partial charge in [-0.1, -0.05) is 0 Å². The number of carbonyl (C=O) groups is 1. The van der Waals surface area contributed by atoms with Crippen molar-refractivity contribution in [2.45, 2.75) is 38.1 Å². The third-order valence-corrected chi connectivity index (χ3v) is 2.47. The molecule has 0 aromatic carbocycles. The lowest BCUT2D eigenvalue weighted by Gasteiger charge is -2.23. The van der Waals surface area contributed by atoms with Crippen molar-refractivity contribution < 1.29 is 14.6 Å². The topological polar surface area (TPSA) is 58.6 Å². The van der Waals surface area contributed by atoms with E-state index < -0.39 is 0 Å². The zero-order valence-corrected chi connectivity index (χ0v) is 8.71. The summed E-state index contributed by atoms with van der Waals surface area (Å²) in [7, 11) is 0. The molecule has 0 radical (unpaired) electrons. The van der Waals surface area contributed by atoms with E-state index >= 15 is 0 Å². The molecule has 0 saturated carbocycles.